The topological polar surface area (TPSA) is 62.3 Å². The van der Waals surface area contributed by atoms with Gasteiger partial charge in [-0.3, -0.25) is 0 Å². The summed E-state index contributed by atoms with van der Waals surface area (Å²) < 4.78 is 18.0. The zero-order valence-electron chi connectivity index (χ0n) is 8.88. The monoisotopic (exact) mass is 257 g/mol. The summed E-state index contributed by atoms with van der Waals surface area (Å²) in [6, 6.07) is 2.36. The molecule has 2 rings (SSSR count). The van der Waals surface area contributed by atoms with Gasteiger partial charge >= 0.3 is 5.97 Å². The van der Waals surface area contributed by atoms with Gasteiger partial charge in [0.2, 0.25) is 0 Å². The quantitative estimate of drug-likeness (QED) is 0.813. The standard InChI is InChI=1S/C11H9ClFNO3/c1-2-17-11(16)9-10(15)5-3-7(13)6(12)4-8(5)14-9/h3-4,14-15H,2H2,1H3. The number of fused-ring (bicyclic) bond motifs is 1. The lowest BCUT2D eigenvalue weighted by Crippen LogP contribution is -2.04. The first-order valence-corrected chi connectivity index (χ1v) is 5.29. The van der Waals surface area contributed by atoms with E-state index in [0.29, 0.717) is 5.52 Å². The molecular weight excluding hydrogens is 249 g/mol. The number of aromatic amines is 1. The Morgan fingerprint density at radius 1 is 1.59 bits per heavy atom. The maximum atomic E-state index is 13.2. The largest absolute Gasteiger partial charge is 0.505 e. The molecule has 0 saturated heterocycles. The average molecular weight is 258 g/mol. The van der Waals surface area contributed by atoms with Gasteiger partial charge < -0.3 is 14.8 Å². The van der Waals surface area contributed by atoms with Crippen molar-refractivity contribution in [3.8, 4) is 5.75 Å². The van der Waals surface area contributed by atoms with Crippen LogP contribution in [-0.2, 0) is 4.74 Å². The summed E-state index contributed by atoms with van der Waals surface area (Å²) in [6.45, 7) is 1.83. The molecule has 1 aromatic carbocycles. The van der Waals surface area contributed by atoms with Crippen LogP contribution in [0.1, 0.15) is 17.4 Å². The van der Waals surface area contributed by atoms with E-state index in [4.69, 9.17) is 16.3 Å². The minimum Gasteiger partial charge on any atom is -0.505 e. The first-order chi connectivity index (χ1) is 8.04. The van der Waals surface area contributed by atoms with E-state index >= 15 is 0 Å². The summed E-state index contributed by atoms with van der Waals surface area (Å²) >= 11 is 5.60. The van der Waals surface area contributed by atoms with Crippen LogP contribution in [0.4, 0.5) is 4.39 Å². The van der Waals surface area contributed by atoms with Gasteiger partial charge in [-0.05, 0) is 19.1 Å². The fourth-order valence-electron chi connectivity index (χ4n) is 1.53. The minimum absolute atomic E-state index is 0.0887. The smallest absolute Gasteiger partial charge is 0.358 e. The van der Waals surface area contributed by atoms with Gasteiger partial charge in [-0.15, -0.1) is 0 Å². The number of aromatic hydroxyl groups is 1. The molecule has 0 aliphatic heterocycles. The Bertz CT molecular complexity index is 594. The van der Waals surface area contributed by atoms with Gasteiger partial charge in [0.1, 0.15) is 5.82 Å². The van der Waals surface area contributed by atoms with Crippen LogP contribution in [-0.4, -0.2) is 22.7 Å². The number of H-pyrrole nitrogens is 1. The van der Waals surface area contributed by atoms with Crippen LogP contribution < -0.4 is 0 Å². The van der Waals surface area contributed by atoms with Crippen molar-refractivity contribution in [3.05, 3.63) is 28.7 Å². The highest BCUT2D eigenvalue weighted by Gasteiger charge is 2.19. The number of rotatable bonds is 2. The van der Waals surface area contributed by atoms with Crippen LogP contribution in [0, 0.1) is 5.82 Å². The van der Waals surface area contributed by atoms with Crippen LogP contribution >= 0.6 is 11.6 Å². The molecule has 0 aliphatic rings. The van der Waals surface area contributed by atoms with Crippen molar-refractivity contribution in [3.63, 3.8) is 0 Å². The van der Waals surface area contributed by atoms with Crippen LogP contribution in [0.5, 0.6) is 5.75 Å². The molecule has 0 unspecified atom stereocenters. The molecule has 0 aliphatic carbocycles. The van der Waals surface area contributed by atoms with Gasteiger partial charge in [0, 0.05) is 5.39 Å². The molecule has 17 heavy (non-hydrogen) atoms. The number of hydrogen-bond acceptors (Lipinski definition) is 3. The SMILES string of the molecule is CCOC(=O)c1[nH]c2cc(Cl)c(F)cc2c1O. The molecule has 0 saturated carbocycles. The second kappa shape index (κ2) is 4.25. The van der Waals surface area contributed by atoms with E-state index in [9.17, 15) is 14.3 Å². The molecule has 2 aromatic rings. The Morgan fingerprint density at radius 3 is 2.94 bits per heavy atom. The molecular formula is C11H9ClFNO3. The number of ether oxygens (including phenoxy) is 1. The van der Waals surface area contributed by atoms with Crippen LogP contribution in [0.2, 0.25) is 5.02 Å². The van der Waals surface area contributed by atoms with E-state index in [0.717, 1.165) is 6.07 Å². The molecule has 90 valence electrons. The number of aromatic nitrogens is 1. The van der Waals surface area contributed by atoms with E-state index in [-0.39, 0.29) is 28.5 Å². The molecule has 1 heterocycles. The van der Waals surface area contributed by atoms with E-state index < -0.39 is 11.8 Å². The average Bonchev–Trinajstić information content (AvgIpc) is 2.58. The van der Waals surface area contributed by atoms with Crippen molar-refractivity contribution in [1.82, 2.24) is 4.98 Å². The van der Waals surface area contributed by atoms with Gasteiger partial charge in [0.05, 0.1) is 17.1 Å². The number of carbonyl (C=O) groups is 1. The third-order valence-electron chi connectivity index (χ3n) is 2.29. The summed E-state index contributed by atoms with van der Waals surface area (Å²) in [5, 5.41) is 9.86. The van der Waals surface area contributed by atoms with Crippen molar-refractivity contribution < 1.29 is 19.0 Å². The van der Waals surface area contributed by atoms with Crippen molar-refractivity contribution >= 4 is 28.5 Å². The summed E-state index contributed by atoms with van der Waals surface area (Å²) in [6.07, 6.45) is 0. The van der Waals surface area contributed by atoms with Crippen LogP contribution in [0.25, 0.3) is 10.9 Å². The number of nitrogens with one attached hydrogen (secondary N) is 1. The lowest BCUT2D eigenvalue weighted by Gasteiger charge is -1.98. The van der Waals surface area contributed by atoms with Crippen molar-refractivity contribution in [2.45, 2.75) is 6.92 Å². The maximum Gasteiger partial charge on any atom is 0.358 e. The number of hydrogen-bond donors (Lipinski definition) is 2. The van der Waals surface area contributed by atoms with Gasteiger partial charge in [-0.25, -0.2) is 9.18 Å². The van der Waals surface area contributed by atoms with E-state index in [2.05, 4.69) is 4.98 Å². The molecule has 2 N–H and O–H groups in total. The van der Waals surface area contributed by atoms with Gasteiger partial charge in [0.15, 0.2) is 11.4 Å². The van der Waals surface area contributed by atoms with E-state index in [1.54, 1.807) is 6.92 Å². The molecule has 0 spiro atoms. The summed E-state index contributed by atoms with van der Waals surface area (Å²) in [5.41, 5.74) is 0.264. The molecule has 4 nitrogen and oxygen atoms in total. The van der Waals surface area contributed by atoms with Crippen molar-refractivity contribution in [2.24, 2.45) is 0 Å². The highest BCUT2D eigenvalue weighted by atomic mass is 35.5. The maximum absolute atomic E-state index is 13.2. The van der Waals surface area contributed by atoms with Crippen molar-refractivity contribution in [2.75, 3.05) is 6.61 Å². The Morgan fingerprint density at radius 2 is 2.29 bits per heavy atom. The Balaban J connectivity index is 2.60. The summed E-state index contributed by atoms with van der Waals surface area (Å²) in [4.78, 5) is 14.1. The third kappa shape index (κ3) is 1.93. The Kier molecular flexibility index (Phi) is 2.93. The first-order valence-electron chi connectivity index (χ1n) is 4.91. The normalized spacial score (nSPS) is 10.8. The van der Waals surface area contributed by atoms with Crippen LogP contribution in [0.3, 0.4) is 0 Å². The lowest BCUT2D eigenvalue weighted by molar-refractivity contribution is 0.0517. The zero-order valence-corrected chi connectivity index (χ0v) is 9.64. The third-order valence-corrected chi connectivity index (χ3v) is 2.58. The predicted octanol–water partition coefficient (Wildman–Crippen LogP) is 2.84. The molecule has 0 radical (unpaired) electrons. The van der Waals surface area contributed by atoms with Crippen molar-refractivity contribution in [1.29, 1.82) is 0 Å². The number of halogens is 2. The minimum atomic E-state index is -0.697. The summed E-state index contributed by atoms with van der Waals surface area (Å²) in [7, 11) is 0. The van der Waals surface area contributed by atoms with Gasteiger partial charge in [-0.2, -0.15) is 0 Å². The molecule has 0 amide bonds. The highest BCUT2D eigenvalue weighted by molar-refractivity contribution is 6.31. The lowest BCUT2D eigenvalue weighted by atomic mass is 10.2. The fraction of sp³-hybridized carbons (Fsp3) is 0.182. The molecule has 1 aromatic heterocycles. The van der Waals surface area contributed by atoms with Crippen LogP contribution in [0.15, 0.2) is 12.1 Å². The van der Waals surface area contributed by atoms with Gasteiger partial charge in [0.25, 0.3) is 0 Å². The fourth-order valence-corrected chi connectivity index (χ4v) is 1.69. The number of carbonyl (C=O) groups excluding carboxylic acids is 1. The predicted molar refractivity (Wildman–Crippen MR) is 60.9 cm³/mol. The molecule has 6 heteroatoms. The zero-order chi connectivity index (χ0) is 12.6. The second-order valence-electron chi connectivity index (χ2n) is 3.38. The Hall–Kier alpha value is -1.75. The highest BCUT2D eigenvalue weighted by Crippen LogP contribution is 2.32. The number of benzene rings is 1. The Labute approximate surface area is 101 Å². The van der Waals surface area contributed by atoms with E-state index in [1.165, 1.54) is 6.07 Å². The first kappa shape index (κ1) is 11.7. The molecule has 0 bridgehead atoms. The van der Waals surface area contributed by atoms with Gasteiger partial charge in [-0.1, -0.05) is 11.6 Å². The molecule has 0 atom stereocenters. The second-order valence-corrected chi connectivity index (χ2v) is 3.79. The summed E-state index contributed by atoms with van der Waals surface area (Å²) in [5.74, 6) is -1.70. The molecule has 0 fully saturated rings. The number of esters is 1. The van der Waals surface area contributed by atoms with E-state index in [1.807, 2.05) is 0 Å².